The third-order valence-corrected chi connectivity index (χ3v) is 7.19. The number of amides is 4. The molecule has 5 rings (SSSR count). The normalized spacial score (nSPS) is 21.6. The minimum Gasteiger partial charge on any atom is -0.494 e. The van der Waals surface area contributed by atoms with Crippen LogP contribution in [-0.2, 0) is 16.0 Å². The van der Waals surface area contributed by atoms with Crippen molar-refractivity contribution < 1.29 is 19.5 Å². The number of urea groups is 1. The van der Waals surface area contributed by atoms with Gasteiger partial charge in [-0.2, -0.15) is 0 Å². The minimum absolute atomic E-state index is 0.107. The molecule has 1 atom stereocenters. The summed E-state index contributed by atoms with van der Waals surface area (Å²) < 4.78 is 0. The molecule has 12 heteroatoms. The molecule has 2 saturated heterocycles. The van der Waals surface area contributed by atoms with Gasteiger partial charge >= 0.3 is 11.7 Å². The number of nitrogens with zero attached hydrogens (tertiary/aromatic N) is 4. The van der Waals surface area contributed by atoms with E-state index in [0.717, 1.165) is 27.5 Å². The number of carbonyl (C=O) groups excluding carboxylic acids is 3. The first-order valence-corrected chi connectivity index (χ1v) is 11.2. The number of nitrogens with one attached hydrogen (secondary N) is 2. The molecular formula is C23H24N6O6. The topological polar surface area (TPSA) is 159 Å². The van der Waals surface area contributed by atoms with E-state index in [2.05, 4.69) is 19.9 Å². The lowest BCUT2D eigenvalue weighted by Crippen LogP contribution is -2.70. The van der Waals surface area contributed by atoms with Gasteiger partial charge in [0.15, 0.2) is 5.41 Å². The summed E-state index contributed by atoms with van der Waals surface area (Å²) >= 11 is 0. The second-order valence-electron chi connectivity index (χ2n) is 9.15. The Labute approximate surface area is 198 Å². The molecule has 1 aromatic carbocycles. The first-order valence-electron chi connectivity index (χ1n) is 11.2. The maximum Gasteiger partial charge on any atom is 0.332 e. The van der Waals surface area contributed by atoms with Gasteiger partial charge in [0, 0.05) is 26.3 Å². The van der Waals surface area contributed by atoms with Crippen molar-refractivity contribution in [2.45, 2.75) is 32.2 Å². The molecule has 1 unspecified atom stereocenters. The third-order valence-electron chi connectivity index (χ3n) is 7.19. The van der Waals surface area contributed by atoms with Crippen molar-refractivity contribution in [1.82, 2.24) is 19.8 Å². The Bertz CT molecular complexity index is 1410. The van der Waals surface area contributed by atoms with Crippen molar-refractivity contribution in [2.75, 3.05) is 25.5 Å². The van der Waals surface area contributed by atoms with Crippen molar-refractivity contribution in [3.8, 4) is 5.88 Å². The van der Waals surface area contributed by atoms with E-state index in [-0.39, 0.29) is 23.7 Å². The molecule has 1 spiro atoms. The predicted octanol–water partition coefficient (Wildman–Crippen LogP) is 0.471. The number of aromatic hydroxyl groups is 1. The number of aromatic nitrogens is 2. The molecule has 4 amide bonds. The summed E-state index contributed by atoms with van der Waals surface area (Å²) in [4.78, 5) is 75.6. The molecule has 2 fully saturated rings. The molecule has 35 heavy (non-hydrogen) atoms. The fraction of sp³-hybridized carbons (Fsp3) is 0.391. The van der Waals surface area contributed by atoms with Crippen molar-refractivity contribution >= 4 is 34.9 Å². The van der Waals surface area contributed by atoms with Crippen molar-refractivity contribution in [2.24, 2.45) is 10.4 Å². The number of anilines is 1. The van der Waals surface area contributed by atoms with Gasteiger partial charge in [-0.3, -0.25) is 39.1 Å². The van der Waals surface area contributed by atoms with Crippen LogP contribution in [0.3, 0.4) is 0 Å². The molecule has 2 aromatic rings. The highest BCUT2D eigenvalue weighted by Gasteiger charge is 2.63. The Morgan fingerprint density at radius 1 is 1.09 bits per heavy atom. The van der Waals surface area contributed by atoms with Crippen LogP contribution >= 0.6 is 0 Å². The van der Waals surface area contributed by atoms with Gasteiger partial charge in [0.05, 0.1) is 17.4 Å². The van der Waals surface area contributed by atoms with E-state index < -0.39 is 40.4 Å². The number of carbonyl (C=O) groups is 3. The number of H-pyrrole nitrogens is 2. The van der Waals surface area contributed by atoms with Gasteiger partial charge in [0.1, 0.15) is 5.56 Å². The maximum atomic E-state index is 13.5. The highest BCUT2D eigenvalue weighted by atomic mass is 16.3. The zero-order valence-corrected chi connectivity index (χ0v) is 19.4. The number of imide groups is 2. The molecule has 3 aliphatic heterocycles. The maximum absolute atomic E-state index is 13.5. The molecule has 0 bridgehead atoms. The average Bonchev–Trinajstić information content (AvgIpc) is 3.30. The third kappa shape index (κ3) is 3.12. The van der Waals surface area contributed by atoms with E-state index in [4.69, 9.17) is 0 Å². The summed E-state index contributed by atoms with van der Waals surface area (Å²) in [6.07, 6.45) is 1.57. The zero-order valence-electron chi connectivity index (χ0n) is 19.4. The van der Waals surface area contributed by atoms with Gasteiger partial charge in [-0.05, 0) is 49.9 Å². The number of aromatic amines is 2. The Hall–Kier alpha value is -4.22. The van der Waals surface area contributed by atoms with Gasteiger partial charge in [-0.1, -0.05) is 0 Å². The van der Waals surface area contributed by atoms with Gasteiger partial charge in [0.25, 0.3) is 5.56 Å². The summed E-state index contributed by atoms with van der Waals surface area (Å²) in [5.41, 5.74) is -0.995. The van der Waals surface area contributed by atoms with Crippen LogP contribution in [0.25, 0.3) is 0 Å². The van der Waals surface area contributed by atoms with E-state index in [1.807, 2.05) is 6.07 Å². The smallest absolute Gasteiger partial charge is 0.332 e. The second-order valence-corrected chi connectivity index (χ2v) is 9.15. The first kappa shape index (κ1) is 22.6. The highest BCUT2D eigenvalue weighted by molar-refractivity contribution is 6.20. The van der Waals surface area contributed by atoms with Crippen LogP contribution in [0.4, 0.5) is 16.2 Å². The summed E-state index contributed by atoms with van der Waals surface area (Å²) in [5, 5.41) is 10.0. The molecule has 0 saturated carbocycles. The number of aliphatic imine (C=N–C) groups is 1. The van der Waals surface area contributed by atoms with Crippen LogP contribution in [0.1, 0.15) is 30.9 Å². The van der Waals surface area contributed by atoms with Crippen LogP contribution in [0.2, 0.25) is 0 Å². The molecule has 1 aromatic heterocycles. The number of hydrogen-bond acceptors (Lipinski definition) is 8. The van der Waals surface area contributed by atoms with E-state index in [1.165, 1.54) is 21.0 Å². The highest BCUT2D eigenvalue weighted by Crippen LogP contribution is 2.49. The molecule has 12 nitrogen and oxygen atoms in total. The quantitative estimate of drug-likeness (QED) is 0.416. The Kier molecular flexibility index (Phi) is 4.93. The number of benzene rings is 1. The summed E-state index contributed by atoms with van der Waals surface area (Å²) in [7, 11) is 2.78. The molecular weight excluding hydrogens is 456 g/mol. The van der Waals surface area contributed by atoms with Crippen molar-refractivity contribution in [3.63, 3.8) is 0 Å². The lowest BCUT2D eigenvalue weighted by molar-refractivity contribution is -0.159. The van der Waals surface area contributed by atoms with Crippen LogP contribution < -0.4 is 16.1 Å². The van der Waals surface area contributed by atoms with Crippen LogP contribution in [0, 0.1) is 5.41 Å². The second kappa shape index (κ2) is 7.65. The van der Waals surface area contributed by atoms with E-state index >= 15 is 0 Å². The van der Waals surface area contributed by atoms with Crippen molar-refractivity contribution in [1.29, 1.82) is 0 Å². The van der Waals surface area contributed by atoms with Gasteiger partial charge < -0.3 is 10.0 Å². The standard InChI is InChI=1S/C23H24N6O6/c1-11(16-17(30)25-21(34)26-18(16)31)24-13-6-7-14-12(9-13)10-23(15-5-4-8-29(14)15)19(32)27(2)22(35)28(3)20(23)33/h6-7,9,15H,4-5,8,10H2,1-3H3,(H3,25,26,30,31,34). The van der Waals surface area contributed by atoms with Gasteiger partial charge in [-0.15, -0.1) is 0 Å². The average molecular weight is 480 g/mol. The fourth-order valence-corrected chi connectivity index (χ4v) is 5.63. The zero-order chi connectivity index (χ0) is 25.2. The Balaban J connectivity index is 1.61. The van der Waals surface area contributed by atoms with Crippen LogP contribution in [0.5, 0.6) is 5.88 Å². The lowest BCUT2D eigenvalue weighted by atomic mass is 9.68. The minimum atomic E-state index is -1.42. The van der Waals surface area contributed by atoms with E-state index in [0.29, 0.717) is 18.7 Å². The summed E-state index contributed by atoms with van der Waals surface area (Å²) in [6.45, 7) is 2.19. The monoisotopic (exact) mass is 480 g/mol. The first-order chi connectivity index (χ1) is 16.6. The Morgan fingerprint density at radius 3 is 2.43 bits per heavy atom. The molecule has 0 aliphatic carbocycles. The predicted molar refractivity (Wildman–Crippen MR) is 125 cm³/mol. The number of fused-ring (bicyclic) bond motifs is 4. The molecule has 3 aliphatic rings. The fourth-order valence-electron chi connectivity index (χ4n) is 5.63. The van der Waals surface area contributed by atoms with Crippen molar-refractivity contribution in [3.05, 3.63) is 50.2 Å². The SMILES string of the molecule is CC(=Nc1ccc2c(c1)CC1(C(=O)N(C)C(=O)N(C)C1=O)C1CCCN21)c1c(O)[nH]c(=O)[nH]c1=O. The molecule has 4 heterocycles. The summed E-state index contributed by atoms with van der Waals surface area (Å²) in [5.74, 6) is -1.61. The number of rotatable bonds is 2. The molecule has 0 radical (unpaired) electrons. The van der Waals surface area contributed by atoms with Gasteiger partial charge in [-0.25, -0.2) is 9.59 Å². The molecule has 182 valence electrons. The number of hydrogen-bond donors (Lipinski definition) is 3. The van der Waals surface area contributed by atoms with Crippen LogP contribution in [-0.4, -0.2) is 75.1 Å². The lowest BCUT2D eigenvalue weighted by Gasteiger charge is -2.50. The number of barbiturate groups is 1. The molecule has 3 N–H and O–H groups in total. The van der Waals surface area contributed by atoms with Crippen LogP contribution in [0.15, 0.2) is 32.8 Å². The largest absolute Gasteiger partial charge is 0.494 e. The van der Waals surface area contributed by atoms with Gasteiger partial charge in [0.2, 0.25) is 17.7 Å². The van der Waals surface area contributed by atoms with E-state index in [1.54, 1.807) is 12.1 Å². The van der Waals surface area contributed by atoms with E-state index in [9.17, 15) is 29.1 Å². The summed E-state index contributed by atoms with van der Waals surface area (Å²) in [6, 6.07) is 4.34. The Morgan fingerprint density at radius 2 is 1.77 bits per heavy atom.